The fourth-order valence-electron chi connectivity index (χ4n) is 2.43. The molecular formula is C13H20N2. The third kappa shape index (κ3) is 2.21. The van der Waals surface area contributed by atoms with E-state index in [1.165, 1.54) is 23.1 Å². The summed E-state index contributed by atoms with van der Waals surface area (Å²) in [6, 6.07) is 7.23. The van der Waals surface area contributed by atoms with Crippen LogP contribution in [0.4, 0.5) is 0 Å². The zero-order valence-corrected chi connectivity index (χ0v) is 9.59. The molecule has 1 fully saturated rings. The molecule has 1 aliphatic heterocycles. The molecule has 0 spiro atoms. The maximum Gasteiger partial charge on any atom is 0.0476 e. The van der Waals surface area contributed by atoms with Crippen molar-refractivity contribution >= 4 is 0 Å². The molecule has 3 N–H and O–H groups in total. The van der Waals surface area contributed by atoms with Gasteiger partial charge in [-0.15, -0.1) is 0 Å². The number of rotatable bonds is 1. The molecule has 0 aliphatic carbocycles. The lowest BCUT2D eigenvalue weighted by molar-refractivity contribution is 0.357. The van der Waals surface area contributed by atoms with Crippen molar-refractivity contribution < 1.29 is 0 Å². The average molecular weight is 204 g/mol. The van der Waals surface area contributed by atoms with Crippen molar-refractivity contribution in [3.8, 4) is 0 Å². The highest BCUT2D eigenvalue weighted by atomic mass is 15.0. The second-order valence-corrected chi connectivity index (χ2v) is 4.60. The second kappa shape index (κ2) is 4.33. The number of piperidine rings is 1. The molecule has 0 radical (unpaired) electrons. The van der Waals surface area contributed by atoms with Gasteiger partial charge >= 0.3 is 0 Å². The van der Waals surface area contributed by atoms with Crippen LogP contribution in [-0.4, -0.2) is 12.6 Å². The Labute approximate surface area is 91.9 Å². The van der Waals surface area contributed by atoms with Crippen LogP contribution in [0.5, 0.6) is 0 Å². The molecule has 1 heterocycles. The summed E-state index contributed by atoms with van der Waals surface area (Å²) in [4.78, 5) is 0. The minimum absolute atomic E-state index is 0.264. The van der Waals surface area contributed by atoms with Gasteiger partial charge in [-0.05, 0) is 44.4 Å². The van der Waals surface area contributed by atoms with Gasteiger partial charge in [0.1, 0.15) is 0 Å². The Morgan fingerprint density at radius 3 is 2.80 bits per heavy atom. The third-order valence-electron chi connectivity index (χ3n) is 3.27. The van der Waals surface area contributed by atoms with Gasteiger partial charge in [0.05, 0.1) is 0 Å². The van der Waals surface area contributed by atoms with Gasteiger partial charge in [-0.3, -0.25) is 0 Å². The molecule has 15 heavy (non-hydrogen) atoms. The summed E-state index contributed by atoms with van der Waals surface area (Å²) in [7, 11) is 0. The third-order valence-corrected chi connectivity index (χ3v) is 3.27. The van der Waals surface area contributed by atoms with E-state index in [1.54, 1.807) is 0 Å². The van der Waals surface area contributed by atoms with Gasteiger partial charge in [0.2, 0.25) is 0 Å². The minimum atomic E-state index is 0.264. The number of nitrogens with two attached hydrogens (primary N) is 1. The Morgan fingerprint density at radius 2 is 2.13 bits per heavy atom. The van der Waals surface area contributed by atoms with Gasteiger partial charge < -0.3 is 11.1 Å². The largest absolute Gasteiger partial charge is 0.326 e. The summed E-state index contributed by atoms with van der Waals surface area (Å²) in [5, 5.41) is 3.52. The summed E-state index contributed by atoms with van der Waals surface area (Å²) < 4.78 is 0. The maximum absolute atomic E-state index is 6.16. The molecule has 2 rings (SSSR count). The van der Waals surface area contributed by atoms with Crippen LogP contribution in [0.25, 0.3) is 0 Å². The number of benzene rings is 1. The standard InChI is InChI=1S/C13H20N2/c1-9-5-6-11(10(2)8-9)13-12(14)4-3-7-15-13/h5-6,8,12-13,15H,3-4,7,14H2,1-2H3/t12-,13-/m1/s1. The molecule has 0 aromatic heterocycles. The van der Waals surface area contributed by atoms with Gasteiger partial charge in [-0.25, -0.2) is 0 Å². The first kappa shape index (κ1) is 10.7. The predicted octanol–water partition coefficient (Wildman–Crippen LogP) is 2.06. The minimum Gasteiger partial charge on any atom is -0.326 e. The van der Waals surface area contributed by atoms with E-state index >= 15 is 0 Å². The quantitative estimate of drug-likeness (QED) is 0.735. The number of hydrogen-bond acceptors (Lipinski definition) is 2. The van der Waals surface area contributed by atoms with E-state index in [0.29, 0.717) is 6.04 Å². The van der Waals surface area contributed by atoms with Crippen LogP contribution < -0.4 is 11.1 Å². The van der Waals surface area contributed by atoms with E-state index in [9.17, 15) is 0 Å². The Bertz CT molecular complexity index is 346. The van der Waals surface area contributed by atoms with Gasteiger partial charge in [0.15, 0.2) is 0 Å². The summed E-state index contributed by atoms with van der Waals surface area (Å²) in [5.41, 5.74) is 10.2. The molecular weight excluding hydrogens is 184 g/mol. The SMILES string of the molecule is Cc1ccc([C@H]2NCCC[C@H]2N)c(C)c1. The lowest BCUT2D eigenvalue weighted by Crippen LogP contribution is -2.43. The van der Waals surface area contributed by atoms with E-state index in [-0.39, 0.29) is 6.04 Å². The molecule has 0 amide bonds. The summed E-state index contributed by atoms with van der Waals surface area (Å²) in [6.07, 6.45) is 2.33. The molecule has 82 valence electrons. The number of hydrogen-bond donors (Lipinski definition) is 2. The van der Waals surface area contributed by atoms with Crippen molar-refractivity contribution in [3.63, 3.8) is 0 Å². The van der Waals surface area contributed by atoms with Crippen LogP contribution in [0.3, 0.4) is 0 Å². The Balaban J connectivity index is 2.27. The maximum atomic E-state index is 6.16. The highest BCUT2D eigenvalue weighted by molar-refractivity contribution is 5.33. The summed E-state index contributed by atoms with van der Waals surface area (Å²) in [6.45, 7) is 5.39. The molecule has 2 atom stereocenters. The summed E-state index contributed by atoms with van der Waals surface area (Å²) in [5.74, 6) is 0. The van der Waals surface area contributed by atoms with Gasteiger partial charge in [0, 0.05) is 12.1 Å². The fourth-order valence-corrected chi connectivity index (χ4v) is 2.43. The second-order valence-electron chi connectivity index (χ2n) is 4.60. The first-order valence-corrected chi connectivity index (χ1v) is 5.74. The molecule has 2 heteroatoms. The van der Waals surface area contributed by atoms with Crippen LogP contribution in [-0.2, 0) is 0 Å². The zero-order valence-electron chi connectivity index (χ0n) is 9.59. The first-order valence-electron chi connectivity index (χ1n) is 5.74. The van der Waals surface area contributed by atoms with Crippen LogP contribution in [0.1, 0.15) is 35.6 Å². The highest BCUT2D eigenvalue weighted by Gasteiger charge is 2.23. The molecule has 1 aromatic carbocycles. The number of nitrogens with one attached hydrogen (secondary N) is 1. The molecule has 0 unspecified atom stereocenters. The van der Waals surface area contributed by atoms with Crippen LogP contribution in [0, 0.1) is 13.8 Å². The average Bonchev–Trinajstić information content (AvgIpc) is 2.20. The van der Waals surface area contributed by atoms with Crippen molar-refractivity contribution in [2.45, 2.75) is 38.8 Å². The lowest BCUT2D eigenvalue weighted by atomic mass is 9.90. The molecule has 0 saturated carbocycles. The molecule has 1 aliphatic rings. The van der Waals surface area contributed by atoms with Gasteiger partial charge in [-0.2, -0.15) is 0 Å². The highest BCUT2D eigenvalue weighted by Crippen LogP contribution is 2.25. The first-order chi connectivity index (χ1) is 7.18. The topological polar surface area (TPSA) is 38.0 Å². The smallest absolute Gasteiger partial charge is 0.0476 e. The van der Waals surface area contributed by atoms with Crippen molar-refractivity contribution in [1.82, 2.24) is 5.32 Å². The van der Waals surface area contributed by atoms with Gasteiger partial charge in [0.25, 0.3) is 0 Å². The van der Waals surface area contributed by atoms with Crippen molar-refractivity contribution in [2.75, 3.05) is 6.54 Å². The Hall–Kier alpha value is -0.860. The molecule has 1 saturated heterocycles. The Kier molecular flexibility index (Phi) is 3.08. The predicted molar refractivity (Wildman–Crippen MR) is 63.9 cm³/mol. The molecule has 0 bridgehead atoms. The normalized spacial score (nSPS) is 26.6. The van der Waals surface area contributed by atoms with E-state index < -0.39 is 0 Å². The van der Waals surface area contributed by atoms with Crippen LogP contribution >= 0.6 is 0 Å². The van der Waals surface area contributed by atoms with Crippen molar-refractivity contribution in [1.29, 1.82) is 0 Å². The van der Waals surface area contributed by atoms with Gasteiger partial charge in [-0.1, -0.05) is 23.8 Å². The van der Waals surface area contributed by atoms with E-state index in [1.807, 2.05) is 0 Å². The van der Waals surface area contributed by atoms with E-state index in [4.69, 9.17) is 5.73 Å². The van der Waals surface area contributed by atoms with E-state index in [0.717, 1.165) is 13.0 Å². The fraction of sp³-hybridized carbons (Fsp3) is 0.538. The monoisotopic (exact) mass is 204 g/mol. The molecule has 1 aromatic rings. The number of aryl methyl sites for hydroxylation is 2. The lowest BCUT2D eigenvalue weighted by Gasteiger charge is -2.31. The van der Waals surface area contributed by atoms with E-state index in [2.05, 4.69) is 37.4 Å². The summed E-state index contributed by atoms with van der Waals surface area (Å²) >= 11 is 0. The van der Waals surface area contributed by atoms with Crippen molar-refractivity contribution in [2.24, 2.45) is 5.73 Å². The van der Waals surface area contributed by atoms with Crippen LogP contribution in [0.15, 0.2) is 18.2 Å². The Morgan fingerprint density at radius 1 is 1.33 bits per heavy atom. The molecule has 2 nitrogen and oxygen atoms in total. The van der Waals surface area contributed by atoms with Crippen LogP contribution in [0.2, 0.25) is 0 Å². The zero-order chi connectivity index (χ0) is 10.8. The van der Waals surface area contributed by atoms with Crippen molar-refractivity contribution in [3.05, 3.63) is 34.9 Å².